The Morgan fingerprint density at radius 1 is 0.947 bits per heavy atom. The molecule has 200 valence electrons. The van der Waals surface area contributed by atoms with E-state index in [1.54, 1.807) is 43.0 Å². The van der Waals surface area contributed by atoms with Crippen LogP contribution in [-0.4, -0.2) is 72.8 Å². The molecule has 2 aromatic carbocycles. The average molecular weight is 521 g/mol. The largest absolute Gasteiger partial charge is 0.497 e. The van der Waals surface area contributed by atoms with Gasteiger partial charge in [0.1, 0.15) is 23.9 Å². The van der Waals surface area contributed by atoms with Gasteiger partial charge in [0, 0.05) is 30.9 Å². The fourth-order valence-corrected chi connectivity index (χ4v) is 3.91. The number of rotatable bonds is 13. The minimum atomic E-state index is -0.239. The first-order valence-electron chi connectivity index (χ1n) is 12.4. The Balaban J connectivity index is 1.32. The molecule has 0 saturated carbocycles. The molecule has 0 aliphatic rings. The van der Waals surface area contributed by atoms with Crippen molar-refractivity contribution >= 4 is 17.2 Å². The van der Waals surface area contributed by atoms with Crippen molar-refractivity contribution in [1.29, 1.82) is 0 Å². The van der Waals surface area contributed by atoms with E-state index in [-0.39, 0.29) is 19.1 Å². The summed E-state index contributed by atoms with van der Waals surface area (Å²) in [5, 5.41) is 15.7. The highest BCUT2D eigenvalue weighted by molar-refractivity contribution is 5.77. The zero-order valence-electron chi connectivity index (χ0n) is 22.0. The second-order valence-corrected chi connectivity index (χ2v) is 8.19. The van der Waals surface area contributed by atoms with E-state index in [1.807, 2.05) is 30.3 Å². The van der Waals surface area contributed by atoms with Crippen LogP contribution in [0.4, 0.5) is 5.69 Å². The number of amides is 1. The normalized spacial score (nSPS) is 10.7. The van der Waals surface area contributed by atoms with Crippen molar-refractivity contribution in [2.24, 2.45) is 0 Å². The highest BCUT2D eigenvalue weighted by Gasteiger charge is 2.16. The van der Waals surface area contributed by atoms with Crippen molar-refractivity contribution in [3.05, 3.63) is 54.6 Å². The smallest absolute Gasteiger partial charge is 0.258 e. The van der Waals surface area contributed by atoms with Gasteiger partial charge >= 0.3 is 0 Å². The first kappa shape index (κ1) is 26.5. The van der Waals surface area contributed by atoms with Crippen LogP contribution in [0.2, 0.25) is 0 Å². The van der Waals surface area contributed by atoms with Gasteiger partial charge in [-0.3, -0.25) is 4.79 Å². The van der Waals surface area contributed by atoms with Gasteiger partial charge in [-0.05, 0) is 50.2 Å². The van der Waals surface area contributed by atoms with E-state index in [0.29, 0.717) is 46.7 Å². The first-order valence-corrected chi connectivity index (χ1v) is 12.4. The van der Waals surface area contributed by atoms with E-state index in [0.717, 1.165) is 18.8 Å². The fourth-order valence-electron chi connectivity index (χ4n) is 3.91. The third-order valence-corrected chi connectivity index (χ3v) is 5.88. The summed E-state index contributed by atoms with van der Waals surface area (Å²) in [4.78, 5) is 14.5. The maximum atomic E-state index is 12.3. The Morgan fingerprint density at radius 3 is 2.55 bits per heavy atom. The molecule has 1 N–H and O–H groups in total. The molecule has 2 aromatic heterocycles. The van der Waals surface area contributed by atoms with Crippen LogP contribution in [0.3, 0.4) is 0 Å². The van der Waals surface area contributed by atoms with E-state index >= 15 is 0 Å². The predicted molar refractivity (Wildman–Crippen MR) is 143 cm³/mol. The van der Waals surface area contributed by atoms with Gasteiger partial charge in [0.25, 0.3) is 5.91 Å². The number of fused-ring (bicyclic) bond motifs is 1. The molecular weight excluding hydrogens is 488 g/mol. The molecule has 4 rings (SSSR count). The van der Waals surface area contributed by atoms with Crippen LogP contribution in [0.25, 0.3) is 17.0 Å². The Labute approximate surface area is 221 Å². The number of carbonyl (C=O) groups is 1. The molecular formula is C27H32N6O5. The van der Waals surface area contributed by atoms with E-state index < -0.39 is 0 Å². The maximum Gasteiger partial charge on any atom is 0.258 e. The first-order chi connectivity index (χ1) is 18.6. The van der Waals surface area contributed by atoms with Gasteiger partial charge in [-0.2, -0.15) is 4.52 Å². The summed E-state index contributed by atoms with van der Waals surface area (Å²) in [6.07, 6.45) is 0. The molecule has 38 heavy (non-hydrogen) atoms. The van der Waals surface area contributed by atoms with Gasteiger partial charge < -0.3 is 29.2 Å². The summed E-state index contributed by atoms with van der Waals surface area (Å²) < 4.78 is 23.8. The molecule has 0 radical (unpaired) electrons. The molecule has 0 saturated heterocycles. The molecule has 11 nitrogen and oxygen atoms in total. The molecule has 4 aromatic rings. The van der Waals surface area contributed by atoms with Gasteiger partial charge in [0.05, 0.1) is 26.3 Å². The van der Waals surface area contributed by atoms with Crippen LogP contribution < -0.4 is 29.2 Å². The number of carbonyl (C=O) groups excluding carboxylic acids is 1. The number of ether oxygens (including phenoxy) is 4. The number of hydrogen-bond acceptors (Lipinski definition) is 9. The Hall–Kier alpha value is -4.54. The SMILES string of the molecule is CCN(CC)c1cccc(OCC(=O)NCCOc2ccc3nnc(-c4cc(OC)ccc4OC)n3n2)c1. The fraction of sp³-hybridized carbons (Fsp3) is 0.333. The minimum absolute atomic E-state index is 0.0850. The van der Waals surface area contributed by atoms with Gasteiger partial charge in [0.2, 0.25) is 5.88 Å². The van der Waals surface area contributed by atoms with Crippen molar-refractivity contribution < 1.29 is 23.7 Å². The summed E-state index contributed by atoms with van der Waals surface area (Å²) in [6.45, 7) is 6.43. The topological polar surface area (TPSA) is 112 Å². The van der Waals surface area contributed by atoms with Crippen molar-refractivity contribution in [3.63, 3.8) is 0 Å². The Morgan fingerprint density at radius 2 is 1.79 bits per heavy atom. The summed E-state index contributed by atoms with van der Waals surface area (Å²) in [6, 6.07) is 16.6. The minimum Gasteiger partial charge on any atom is -0.497 e. The number of benzene rings is 2. The maximum absolute atomic E-state index is 12.3. The van der Waals surface area contributed by atoms with Crippen LogP contribution in [-0.2, 0) is 4.79 Å². The standard InChI is InChI=1S/C27H32N6O5/c1-5-32(6-2)19-8-7-9-21(16-19)38-18-25(34)28-14-15-37-26-13-12-24-29-30-27(33(24)31-26)22-17-20(35-3)10-11-23(22)36-4/h7-13,16-17H,5-6,14-15,18H2,1-4H3,(H,28,34). The number of nitrogens with zero attached hydrogens (tertiary/aromatic N) is 5. The van der Waals surface area contributed by atoms with Crippen LogP contribution in [0.1, 0.15) is 13.8 Å². The van der Waals surface area contributed by atoms with Gasteiger partial charge in [0.15, 0.2) is 18.1 Å². The number of aromatic nitrogens is 4. The number of nitrogens with one attached hydrogen (secondary N) is 1. The third kappa shape index (κ3) is 6.23. The monoisotopic (exact) mass is 520 g/mol. The zero-order chi connectivity index (χ0) is 26.9. The molecule has 0 aliphatic heterocycles. The van der Waals surface area contributed by atoms with E-state index in [9.17, 15) is 4.79 Å². The molecule has 0 spiro atoms. The van der Waals surface area contributed by atoms with Gasteiger partial charge in [-0.25, -0.2) is 0 Å². The quantitative estimate of drug-likeness (QED) is 0.266. The lowest BCUT2D eigenvalue weighted by Gasteiger charge is -2.21. The third-order valence-electron chi connectivity index (χ3n) is 5.88. The average Bonchev–Trinajstić information content (AvgIpc) is 3.38. The lowest BCUT2D eigenvalue weighted by atomic mass is 10.2. The summed E-state index contributed by atoms with van der Waals surface area (Å²) in [5.74, 6) is 2.52. The zero-order valence-corrected chi connectivity index (χ0v) is 22.0. The molecule has 2 heterocycles. The Kier molecular flexibility index (Phi) is 8.81. The van der Waals surface area contributed by atoms with Crippen LogP contribution >= 0.6 is 0 Å². The molecule has 0 aliphatic carbocycles. The highest BCUT2D eigenvalue weighted by atomic mass is 16.5. The molecule has 0 fully saturated rings. The van der Waals surface area contributed by atoms with Crippen molar-refractivity contribution in [2.75, 3.05) is 52.0 Å². The lowest BCUT2D eigenvalue weighted by molar-refractivity contribution is -0.123. The number of anilines is 1. The number of methoxy groups -OCH3 is 2. The van der Waals surface area contributed by atoms with Crippen LogP contribution in [0, 0.1) is 0 Å². The summed E-state index contributed by atoms with van der Waals surface area (Å²) in [5.41, 5.74) is 2.29. The van der Waals surface area contributed by atoms with Crippen molar-refractivity contribution in [1.82, 2.24) is 25.1 Å². The van der Waals surface area contributed by atoms with E-state index in [4.69, 9.17) is 18.9 Å². The molecule has 1 amide bonds. The van der Waals surface area contributed by atoms with E-state index in [2.05, 4.69) is 39.4 Å². The molecule has 0 atom stereocenters. The number of hydrogen-bond donors (Lipinski definition) is 1. The van der Waals surface area contributed by atoms with Crippen LogP contribution in [0.15, 0.2) is 54.6 Å². The molecule has 0 bridgehead atoms. The summed E-state index contributed by atoms with van der Waals surface area (Å²) >= 11 is 0. The van der Waals surface area contributed by atoms with Gasteiger partial charge in [-0.1, -0.05) is 6.07 Å². The predicted octanol–water partition coefficient (Wildman–Crippen LogP) is 3.23. The lowest BCUT2D eigenvalue weighted by Crippen LogP contribution is -2.32. The van der Waals surface area contributed by atoms with Gasteiger partial charge in [-0.15, -0.1) is 15.3 Å². The Bertz CT molecular complexity index is 1370. The second-order valence-electron chi connectivity index (χ2n) is 8.19. The summed E-state index contributed by atoms with van der Waals surface area (Å²) in [7, 11) is 3.17. The second kappa shape index (κ2) is 12.6. The molecule has 0 unspecified atom stereocenters. The van der Waals surface area contributed by atoms with E-state index in [1.165, 1.54) is 0 Å². The molecule has 11 heteroatoms. The van der Waals surface area contributed by atoms with Crippen LogP contribution in [0.5, 0.6) is 23.1 Å². The van der Waals surface area contributed by atoms with Crippen molar-refractivity contribution in [3.8, 4) is 34.5 Å². The van der Waals surface area contributed by atoms with Crippen molar-refractivity contribution in [2.45, 2.75) is 13.8 Å². The highest BCUT2D eigenvalue weighted by Crippen LogP contribution is 2.32.